The third-order valence-corrected chi connectivity index (χ3v) is 5.45. The lowest BCUT2D eigenvalue weighted by atomic mass is 10.1. The topological polar surface area (TPSA) is 89.8 Å². The van der Waals surface area contributed by atoms with Gasteiger partial charge in [0.25, 0.3) is 0 Å². The van der Waals surface area contributed by atoms with E-state index in [4.69, 9.17) is 20.4 Å². The normalized spacial score (nSPS) is 11.2. The number of rotatable bonds is 4. The number of anilines is 1. The van der Waals surface area contributed by atoms with Gasteiger partial charge in [-0.3, -0.25) is 0 Å². The average Bonchev–Trinajstić information content (AvgIpc) is 3.04. The number of methoxy groups -OCH3 is 1. The van der Waals surface area contributed by atoms with E-state index in [2.05, 4.69) is 12.1 Å². The first kappa shape index (κ1) is 18.0. The van der Waals surface area contributed by atoms with Gasteiger partial charge in [-0.1, -0.05) is 36.4 Å². The van der Waals surface area contributed by atoms with Gasteiger partial charge in [-0.25, -0.2) is 9.97 Å². The van der Waals surface area contributed by atoms with Crippen LogP contribution in [-0.2, 0) is 13.0 Å². The van der Waals surface area contributed by atoms with E-state index in [1.807, 2.05) is 59.2 Å². The smallest absolute Gasteiger partial charge is 0.162 e. The van der Waals surface area contributed by atoms with Crippen LogP contribution in [0.4, 0.5) is 5.82 Å². The molecule has 0 amide bonds. The Hall–Kier alpha value is -4.11. The second-order valence-electron chi connectivity index (χ2n) is 7.21. The van der Waals surface area contributed by atoms with Crippen molar-refractivity contribution in [2.24, 2.45) is 0 Å². The summed E-state index contributed by atoms with van der Waals surface area (Å²) >= 11 is 0. The molecule has 0 aliphatic rings. The summed E-state index contributed by atoms with van der Waals surface area (Å²) in [6.07, 6.45) is 0.750. The van der Waals surface area contributed by atoms with E-state index in [1.54, 1.807) is 7.11 Å². The molecule has 2 aromatic heterocycles. The number of aryl methyl sites for hydroxylation is 2. The highest BCUT2D eigenvalue weighted by molar-refractivity contribution is 5.99. The van der Waals surface area contributed by atoms with Gasteiger partial charge in [0.15, 0.2) is 5.65 Å². The minimum Gasteiger partial charge on any atom is -0.497 e. The van der Waals surface area contributed by atoms with Crippen molar-refractivity contribution in [2.45, 2.75) is 13.0 Å². The van der Waals surface area contributed by atoms with Crippen LogP contribution in [0, 0.1) is 11.3 Å². The van der Waals surface area contributed by atoms with Gasteiger partial charge in [-0.2, -0.15) is 5.26 Å². The predicted octanol–water partition coefficient (Wildman–Crippen LogP) is 4.44. The standard InChI is InChI=1S/C24H19N5O/c1-30-18-8-6-15(7-9-18)10-11-29-23(26)19(14-25)22-24(29)28-21-13-17-5-3-2-4-16(17)12-20(21)27-22/h2-9,12-13H,10-11,26H2,1H3. The molecule has 0 atom stereocenters. The third-order valence-electron chi connectivity index (χ3n) is 5.45. The summed E-state index contributed by atoms with van der Waals surface area (Å²) in [5.74, 6) is 1.22. The van der Waals surface area contributed by atoms with Crippen molar-refractivity contribution in [1.82, 2.24) is 14.5 Å². The van der Waals surface area contributed by atoms with E-state index in [1.165, 1.54) is 0 Å². The molecule has 0 bridgehead atoms. The molecule has 6 nitrogen and oxygen atoms in total. The maximum absolute atomic E-state index is 9.69. The zero-order valence-electron chi connectivity index (χ0n) is 16.5. The molecule has 0 spiro atoms. The molecule has 30 heavy (non-hydrogen) atoms. The molecular formula is C24H19N5O. The number of nitrogens with zero attached hydrogens (tertiary/aromatic N) is 4. The van der Waals surface area contributed by atoms with Gasteiger partial charge in [0.05, 0.1) is 18.1 Å². The Morgan fingerprint density at radius 1 is 1.00 bits per heavy atom. The van der Waals surface area contributed by atoms with E-state index in [-0.39, 0.29) is 0 Å². The number of benzene rings is 3. The third kappa shape index (κ3) is 2.88. The summed E-state index contributed by atoms with van der Waals surface area (Å²) in [7, 11) is 1.65. The molecule has 2 N–H and O–H groups in total. The van der Waals surface area contributed by atoms with Crippen LogP contribution in [0.3, 0.4) is 0 Å². The van der Waals surface area contributed by atoms with Crippen molar-refractivity contribution in [2.75, 3.05) is 12.8 Å². The minimum atomic E-state index is 0.377. The first-order valence-corrected chi connectivity index (χ1v) is 9.69. The molecule has 6 heteroatoms. The molecule has 0 unspecified atom stereocenters. The first-order chi connectivity index (χ1) is 14.7. The summed E-state index contributed by atoms with van der Waals surface area (Å²) in [6, 6.07) is 22.3. The number of aromatic nitrogens is 3. The van der Waals surface area contributed by atoms with E-state index >= 15 is 0 Å². The Balaban J connectivity index is 1.62. The fraction of sp³-hybridized carbons (Fsp3) is 0.125. The van der Waals surface area contributed by atoms with E-state index < -0.39 is 0 Å². The van der Waals surface area contributed by atoms with Crippen LogP contribution in [0.15, 0.2) is 60.7 Å². The van der Waals surface area contributed by atoms with Crippen LogP contribution in [0.1, 0.15) is 11.1 Å². The Morgan fingerprint density at radius 3 is 2.30 bits per heavy atom. The lowest BCUT2D eigenvalue weighted by Crippen LogP contribution is -2.06. The predicted molar refractivity (Wildman–Crippen MR) is 118 cm³/mol. The van der Waals surface area contributed by atoms with Gasteiger partial charge >= 0.3 is 0 Å². The maximum atomic E-state index is 9.69. The highest BCUT2D eigenvalue weighted by Crippen LogP contribution is 2.29. The van der Waals surface area contributed by atoms with Crippen molar-refractivity contribution in [3.8, 4) is 11.8 Å². The van der Waals surface area contributed by atoms with E-state index in [0.717, 1.165) is 39.5 Å². The van der Waals surface area contributed by atoms with Crippen LogP contribution in [-0.4, -0.2) is 21.6 Å². The van der Waals surface area contributed by atoms with Crippen LogP contribution in [0.5, 0.6) is 5.75 Å². The average molecular weight is 393 g/mol. The number of hydrogen-bond acceptors (Lipinski definition) is 5. The highest BCUT2D eigenvalue weighted by Gasteiger charge is 2.18. The van der Waals surface area contributed by atoms with Crippen LogP contribution >= 0.6 is 0 Å². The Labute approximate surface area is 173 Å². The summed E-state index contributed by atoms with van der Waals surface area (Å²) < 4.78 is 7.11. The Bertz CT molecular complexity index is 1440. The van der Waals surface area contributed by atoms with Gasteiger partial charge in [0.2, 0.25) is 0 Å². The molecule has 146 valence electrons. The maximum Gasteiger partial charge on any atom is 0.162 e. The quantitative estimate of drug-likeness (QED) is 0.456. The molecular weight excluding hydrogens is 374 g/mol. The lowest BCUT2D eigenvalue weighted by molar-refractivity contribution is 0.414. The summed E-state index contributed by atoms with van der Waals surface area (Å²) in [5.41, 5.74) is 10.6. The second kappa shape index (κ2) is 7.05. The monoisotopic (exact) mass is 393 g/mol. The number of nitriles is 1. The second-order valence-corrected chi connectivity index (χ2v) is 7.21. The van der Waals surface area contributed by atoms with Crippen molar-refractivity contribution >= 4 is 38.8 Å². The Morgan fingerprint density at radius 2 is 1.67 bits per heavy atom. The molecule has 0 saturated heterocycles. The fourth-order valence-corrected chi connectivity index (χ4v) is 3.83. The van der Waals surface area contributed by atoms with Crippen molar-refractivity contribution in [1.29, 1.82) is 5.26 Å². The summed E-state index contributed by atoms with van der Waals surface area (Å²) in [5, 5.41) is 11.9. The van der Waals surface area contributed by atoms with Gasteiger partial charge in [-0.05, 0) is 47.0 Å². The molecule has 5 aromatic rings. The van der Waals surface area contributed by atoms with Crippen molar-refractivity contribution in [3.63, 3.8) is 0 Å². The number of hydrogen-bond donors (Lipinski definition) is 1. The van der Waals surface area contributed by atoms with E-state index in [0.29, 0.717) is 29.1 Å². The molecule has 0 aliphatic heterocycles. The number of fused-ring (bicyclic) bond motifs is 3. The van der Waals surface area contributed by atoms with Crippen LogP contribution < -0.4 is 10.5 Å². The Kier molecular flexibility index (Phi) is 4.22. The van der Waals surface area contributed by atoms with E-state index in [9.17, 15) is 5.26 Å². The SMILES string of the molecule is COc1ccc(CCn2c(N)c(C#N)c3nc4cc5ccccc5cc4nc32)cc1. The number of ether oxygens (including phenoxy) is 1. The van der Waals surface area contributed by atoms with Crippen molar-refractivity contribution < 1.29 is 4.74 Å². The molecule has 0 saturated carbocycles. The molecule has 0 radical (unpaired) electrons. The first-order valence-electron chi connectivity index (χ1n) is 9.69. The summed E-state index contributed by atoms with van der Waals surface area (Å²) in [6.45, 7) is 0.601. The minimum absolute atomic E-state index is 0.377. The molecule has 2 heterocycles. The number of nitrogens with two attached hydrogens (primary N) is 1. The van der Waals surface area contributed by atoms with Gasteiger partial charge < -0.3 is 15.0 Å². The zero-order chi connectivity index (χ0) is 20.7. The summed E-state index contributed by atoms with van der Waals surface area (Å²) in [4.78, 5) is 9.60. The molecule has 0 fully saturated rings. The van der Waals surface area contributed by atoms with Crippen molar-refractivity contribution in [3.05, 3.63) is 71.8 Å². The van der Waals surface area contributed by atoms with Gasteiger partial charge in [0.1, 0.15) is 28.7 Å². The highest BCUT2D eigenvalue weighted by atomic mass is 16.5. The van der Waals surface area contributed by atoms with Gasteiger partial charge in [-0.15, -0.1) is 0 Å². The van der Waals surface area contributed by atoms with Gasteiger partial charge in [0, 0.05) is 6.54 Å². The molecule has 5 rings (SSSR count). The lowest BCUT2D eigenvalue weighted by Gasteiger charge is -2.08. The largest absolute Gasteiger partial charge is 0.497 e. The zero-order valence-corrected chi connectivity index (χ0v) is 16.5. The number of nitrogen functional groups attached to an aromatic ring is 1. The van der Waals surface area contributed by atoms with Crippen LogP contribution in [0.2, 0.25) is 0 Å². The van der Waals surface area contributed by atoms with Crippen LogP contribution in [0.25, 0.3) is 33.0 Å². The fourth-order valence-electron chi connectivity index (χ4n) is 3.83. The molecule has 0 aliphatic carbocycles. The molecule has 3 aromatic carbocycles.